The summed E-state index contributed by atoms with van der Waals surface area (Å²) in [6.07, 6.45) is 3.78. The highest BCUT2D eigenvalue weighted by molar-refractivity contribution is 5.32. The van der Waals surface area contributed by atoms with Crippen molar-refractivity contribution in [2.75, 3.05) is 20.3 Å². The molecule has 1 N–H and O–H groups in total. The molecule has 1 heterocycles. The molecule has 2 atom stereocenters. The van der Waals surface area contributed by atoms with Gasteiger partial charge in [0.15, 0.2) is 0 Å². The summed E-state index contributed by atoms with van der Waals surface area (Å²) in [5.41, 5.74) is 0.0932. The Morgan fingerprint density at radius 3 is 2.62 bits per heavy atom. The van der Waals surface area contributed by atoms with Gasteiger partial charge >= 0.3 is 0 Å². The predicted molar refractivity (Wildman–Crippen MR) is 77.5 cm³/mol. The lowest BCUT2D eigenvalue weighted by Crippen LogP contribution is -2.24. The second kappa shape index (κ2) is 7.71. The van der Waals surface area contributed by atoms with Gasteiger partial charge in [-0.1, -0.05) is 6.92 Å². The second-order valence-electron chi connectivity index (χ2n) is 5.33. The number of nitrogens with one attached hydrogen (secondary N) is 1. The number of hydrogen-bond acceptors (Lipinski definition) is 3. The lowest BCUT2D eigenvalue weighted by molar-refractivity contribution is 0.0993. The van der Waals surface area contributed by atoms with Gasteiger partial charge < -0.3 is 14.8 Å². The minimum Gasteiger partial charge on any atom is -0.497 e. The molecule has 0 bridgehead atoms. The molecule has 118 valence electrons. The maximum absolute atomic E-state index is 14.2. The number of rotatable bonds is 7. The third kappa shape index (κ3) is 4.14. The van der Waals surface area contributed by atoms with Gasteiger partial charge in [0.1, 0.15) is 17.4 Å². The zero-order chi connectivity index (χ0) is 15.2. The molecule has 21 heavy (non-hydrogen) atoms. The average Bonchev–Trinajstić information content (AvgIpc) is 2.97. The number of methoxy groups -OCH3 is 1. The van der Waals surface area contributed by atoms with Crippen molar-refractivity contribution < 1.29 is 18.3 Å². The maximum Gasteiger partial charge on any atom is 0.134 e. The molecule has 1 aliphatic rings. The second-order valence-corrected chi connectivity index (χ2v) is 5.33. The number of hydrogen-bond donors (Lipinski definition) is 1. The molecule has 0 aliphatic carbocycles. The van der Waals surface area contributed by atoms with Gasteiger partial charge in [-0.15, -0.1) is 0 Å². The molecule has 0 spiro atoms. The molecule has 0 aromatic heterocycles. The minimum atomic E-state index is -0.565. The van der Waals surface area contributed by atoms with Crippen LogP contribution in [0.4, 0.5) is 8.78 Å². The van der Waals surface area contributed by atoms with Gasteiger partial charge in [-0.25, -0.2) is 8.78 Å². The van der Waals surface area contributed by atoms with E-state index in [9.17, 15) is 8.78 Å². The van der Waals surface area contributed by atoms with E-state index in [1.54, 1.807) is 0 Å². The lowest BCUT2D eigenvalue weighted by atomic mass is 9.98. The van der Waals surface area contributed by atoms with Gasteiger partial charge in [0, 0.05) is 30.3 Å². The standard InChI is InChI=1S/C16H23F2NO2/c1-3-19-15(7-6-11-5-4-8-21-11)16-13(17)9-12(20-2)10-14(16)18/h9-11,15,19H,3-8H2,1-2H3. The van der Waals surface area contributed by atoms with Gasteiger partial charge in [-0.3, -0.25) is 0 Å². The zero-order valence-electron chi connectivity index (χ0n) is 12.6. The Balaban J connectivity index is 2.12. The minimum absolute atomic E-state index is 0.0932. The summed E-state index contributed by atoms with van der Waals surface area (Å²) in [6.45, 7) is 3.38. The SMILES string of the molecule is CCNC(CCC1CCCO1)c1c(F)cc(OC)cc1F. The number of ether oxygens (including phenoxy) is 2. The van der Waals surface area contributed by atoms with Crippen LogP contribution in [0.1, 0.15) is 44.2 Å². The highest BCUT2D eigenvalue weighted by atomic mass is 19.1. The molecular formula is C16H23F2NO2. The Bertz CT molecular complexity index is 439. The van der Waals surface area contributed by atoms with Gasteiger partial charge in [-0.05, 0) is 32.2 Å². The number of halogens is 2. The van der Waals surface area contributed by atoms with Gasteiger partial charge in [0.2, 0.25) is 0 Å². The van der Waals surface area contributed by atoms with Crippen LogP contribution >= 0.6 is 0 Å². The Labute approximate surface area is 124 Å². The molecule has 1 fully saturated rings. The molecule has 1 aromatic rings. The van der Waals surface area contributed by atoms with Crippen LogP contribution in [-0.4, -0.2) is 26.4 Å². The first-order chi connectivity index (χ1) is 10.2. The van der Waals surface area contributed by atoms with Crippen LogP contribution in [0.15, 0.2) is 12.1 Å². The highest BCUT2D eigenvalue weighted by Gasteiger charge is 2.23. The molecule has 3 nitrogen and oxygen atoms in total. The van der Waals surface area contributed by atoms with Crippen molar-refractivity contribution >= 4 is 0 Å². The first-order valence-corrected chi connectivity index (χ1v) is 7.53. The number of benzene rings is 1. The Morgan fingerprint density at radius 1 is 1.38 bits per heavy atom. The molecular weight excluding hydrogens is 276 g/mol. The van der Waals surface area contributed by atoms with E-state index >= 15 is 0 Å². The van der Waals surface area contributed by atoms with Crippen LogP contribution in [0.2, 0.25) is 0 Å². The smallest absolute Gasteiger partial charge is 0.134 e. The molecule has 0 saturated carbocycles. The largest absolute Gasteiger partial charge is 0.497 e. The summed E-state index contributed by atoms with van der Waals surface area (Å²) in [4.78, 5) is 0. The maximum atomic E-state index is 14.2. The van der Waals surface area contributed by atoms with Gasteiger partial charge in [0.05, 0.1) is 13.2 Å². The quantitative estimate of drug-likeness (QED) is 0.834. The third-order valence-corrected chi connectivity index (χ3v) is 3.89. The van der Waals surface area contributed by atoms with E-state index < -0.39 is 11.6 Å². The fraction of sp³-hybridized carbons (Fsp3) is 0.625. The zero-order valence-corrected chi connectivity index (χ0v) is 12.6. The van der Waals surface area contributed by atoms with Crippen molar-refractivity contribution in [2.45, 2.75) is 44.8 Å². The van der Waals surface area contributed by atoms with Gasteiger partial charge in [0.25, 0.3) is 0 Å². The molecule has 1 saturated heterocycles. The molecule has 1 aromatic carbocycles. The summed E-state index contributed by atoms with van der Waals surface area (Å²) in [5, 5.41) is 3.17. The predicted octanol–water partition coefficient (Wildman–Crippen LogP) is 3.58. The molecule has 5 heteroatoms. The van der Waals surface area contributed by atoms with E-state index in [2.05, 4.69) is 5.32 Å². The van der Waals surface area contributed by atoms with Crippen LogP contribution in [0.3, 0.4) is 0 Å². The Hall–Kier alpha value is -1.20. The van der Waals surface area contributed by atoms with E-state index in [1.807, 2.05) is 6.92 Å². The van der Waals surface area contributed by atoms with E-state index in [0.29, 0.717) is 13.0 Å². The van der Waals surface area contributed by atoms with Crippen molar-refractivity contribution in [1.29, 1.82) is 0 Å². The first-order valence-electron chi connectivity index (χ1n) is 7.53. The van der Waals surface area contributed by atoms with Crippen molar-refractivity contribution in [3.63, 3.8) is 0 Å². The monoisotopic (exact) mass is 299 g/mol. The summed E-state index contributed by atoms with van der Waals surface area (Å²) >= 11 is 0. The Kier molecular flexibility index (Phi) is 5.94. The third-order valence-electron chi connectivity index (χ3n) is 3.89. The van der Waals surface area contributed by atoms with Crippen LogP contribution in [-0.2, 0) is 4.74 Å². The van der Waals surface area contributed by atoms with Crippen LogP contribution in [0, 0.1) is 11.6 Å². The summed E-state index contributed by atoms with van der Waals surface area (Å²) in [6, 6.07) is 2.12. The molecule has 2 rings (SSSR count). The van der Waals surface area contributed by atoms with Gasteiger partial charge in [-0.2, -0.15) is 0 Å². The molecule has 0 amide bonds. The van der Waals surface area contributed by atoms with Crippen LogP contribution in [0.5, 0.6) is 5.75 Å². The van der Waals surface area contributed by atoms with Crippen molar-refractivity contribution in [2.24, 2.45) is 0 Å². The lowest BCUT2D eigenvalue weighted by Gasteiger charge is -2.21. The van der Waals surface area contributed by atoms with Crippen molar-refractivity contribution in [3.05, 3.63) is 29.3 Å². The topological polar surface area (TPSA) is 30.5 Å². The van der Waals surface area contributed by atoms with E-state index in [-0.39, 0.29) is 23.5 Å². The molecule has 2 unspecified atom stereocenters. The van der Waals surface area contributed by atoms with E-state index in [4.69, 9.17) is 9.47 Å². The molecule has 0 radical (unpaired) electrons. The summed E-state index contributed by atoms with van der Waals surface area (Å²) in [5.74, 6) is -0.932. The van der Waals surface area contributed by atoms with Crippen LogP contribution < -0.4 is 10.1 Å². The van der Waals surface area contributed by atoms with E-state index in [1.165, 1.54) is 19.2 Å². The van der Waals surface area contributed by atoms with Crippen molar-refractivity contribution in [1.82, 2.24) is 5.32 Å². The van der Waals surface area contributed by atoms with Crippen molar-refractivity contribution in [3.8, 4) is 5.75 Å². The van der Waals surface area contributed by atoms with E-state index in [0.717, 1.165) is 25.9 Å². The molecule has 1 aliphatic heterocycles. The highest BCUT2D eigenvalue weighted by Crippen LogP contribution is 2.30. The Morgan fingerprint density at radius 2 is 2.10 bits per heavy atom. The normalized spacial score (nSPS) is 19.7. The summed E-state index contributed by atoms with van der Waals surface area (Å²) in [7, 11) is 1.40. The summed E-state index contributed by atoms with van der Waals surface area (Å²) < 4.78 is 38.8. The first kappa shape index (κ1) is 16.2. The average molecular weight is 299 g/mol. The fourth-order valence-corrected chi connectivity index (χ4v) is 2.83. The fourth-order valence-electron chi connectivity index (χ4n) is 2.83. The van der Waals surface area contributed by atoms with Crippen LogP contribution in [0.25, 0.3) is 0 Å².